The highest BCUT2D eigenvalue weighted by molar-refractivity contribution is 9.10. The number of sulfonamides is 1. The molecular weight excluding hydrogens is 407 g/mol. The van der Waals surface area contributed by atoms with E-state index in [0.717, 1.165) is 5.75 Å². The molecule has 0 amide bonds. The maximum Gasteiger partial charge on any atom is 0.244 e. The number of halogens is 3. The van der Waals surface area contributed by atoms with E-state index in [4.69, 9.17) is 23.2 Å². The molecule has 0 aromatic heterocycles. The van der Waals surface area contributed by atoms with Crippen molar-refractivity contribution in [3.8, 4) is 6.07 Å². The van der Waals surface area contributed by atoms with Crippen molar-refractivity contribution in [3.05, 3.63) is 26.7 Å². The molecule has 1 aromatic carbocycles. The molecule has 0 bridgehead atoms. The quantitative estimate of drug-likeness (QED) is 0.820. The van der Waals surface area contributed by atoms with E-state index in [9.17, 15) is 13.7 Å². The number of rotatable bonds is 3. The number of hydrogen-bond donors (Lipinski definition) is 1. The second kappa shape index (κ2) is 6.03. The van der Waals surface area contributed by atoms with Crippen LogP contribution in [0.5, 0.6) is 0 Å². The molecule has 9 heteroatoms. The molecule has 20 heavy (non-hydrogen) atoms. The topological polar surface area (TPSA) is 70.0 Å². The molecule has 1 saturated heterocycles. The number of hydrogen-bond acceptors (Lipinski definition) is 4. The molecule has 1 fully saturated rings. The molecule has 0 saturated carbocycles. The molecule has 108 valence electrons. The van der Waals surface area contributed by atoms with Crippen LogP contribution in [0, 0.1) is 11.3 Å². The van der Waals surface area contributed by atoms with Crippen LogP contribution in [0.15, 0.2) is 21.5 Å². The summed E-state index contributed by atoms with van der Waals surface area (Å²) >= 11 is 16.7. The Hall–Kier alpha value is 0.0300. The first-order valence-corrected chi connectivity index (χ1v) is 9.66. The molecule has 1 aromatic rings. The molecule has 1 aliphatic heterocycles. The molecule has 0 radical (unpaired) electrons. The largest absolute Gasteiger partial charge is 0.244 e. The van der Waals surface area contributed by atoms with Gasteiger partial charge >= 0.3 is 0 Å². The summed E-state index contributed by atoms with van der Waals surface area (Å²) in [5.41, 5.74) is -1.09. The van der Waals surface area contributed by atoms with Gasteiger partial charge in [0.1, 0.15) is 10.4 Å². The van der Waals surface area contributed by atoms with Crippen LogP contribution in [0.1, 0.15) is 6.42 Å². The lowest BCUT2D eigenvalue weighted by Crippen LogP contribution is -2.47. The van der Waals surface area contributed by atoms with Crippen LogP contribution in [-0.2, 0) is 10.0 Å². The zero-order valence-electron chi connectivity index (χ0n) is 9.99. The van der Waals surface area contributed by atoms with Crippen molar-refractivity contribution in [3.63, 3.8) is 0 Å². The fourth-order valence-corrected chi connectivity index (χ4v) is 6.49. The molecule has 1 aliphatic rings. The van der Waals surface area contributed by atoms with Gasteiger partial charge in [0.05, 0.1) is 16.1 Å². The minimum atomic E-state index is -3.96. The molecular formula is C11H9BrCl2N2O2S2. The zero-order valence-corrected chi connectivity index (χ0v) is 14.7. The Kier molecular flexibility index (Phi) is 4.95. The Balaban J connectivity index is 2.44. The van der Waals surface area contributed by atoms with E-state index in [0.29, 0.717) is 16.6 Å². The zero-order chi connectivity index (χ0) is 15.0. The van der Waals surface area contributed by atoms with Gasteiger partial charge in [0.2, 0.25) is 10.0 Å². The fourth-order valence-electron chi connectivity index (χ4n) is 1.85. The van der Waals surface area contributed by atoms with Gasteiger partial charge in [0.25, 0.3) is 0 Å². The van der Waals surface area contributed by atoms with Crippen molar-refractivity contribution >= 4 is 60.9 Å². The third kappa shape index (κ3) is 3.26. The molecule has 0 spiro atoms. The standard InChI is InChI=1S/C11H9BrCl2N2O2S2/c12-7-3-8(13)10(9(14)4-7)20(17,18)16-11(5-15)1-2-19-6-11/h3-4,16H,1-2,6H2. The van der Waals surface area contributed by atoms with Gasteiger partial charge in [-0.15, -0.1) is 0 Å². The summed E-state index contributed by atoms with van der Waals surface area (Å²) in [5, 5.41) is 9.27. The Morgan fingerprint density at radius 2 is 2.00 bits per heavy atom. The maximum atomic E-state index is 12.4. The normalized spacial score (nSPS) is 22.7. The van der Waals surface area contributed by atoms with E-state index in [1.54, 1.807) is 0 Å². The third-order valence-corrected chi connectivity index (χ3v) is 6.90. The summed E-state index contributed by atoms with van der Waals surface area (Å²) < 4.78 is 27.9. The summed E-state index contributed by atoms with van der Waals surface area (Å²) in [6.07, 6.45) is 0.458. The van der Waals surface area contributed by atoms with E-state index in [1.165, 1.54) is 23.9 Å². The minimum Gasteiger partial charge on any atom is -0.207 e. The maximum absolute atomic E-state index is 12.4. The molecule has 1 heterocycles. The van der Waals surface area contributed by atoms with Gasteiger partial charge in [-0.05, 0) is 24.3 Å². The smallest absolute Gasteiger partial charge is 0.207 e. The monoisotopic (exact) mass is 414 g/mol. The van der Waals surface area contributed by atoms with E-state index < -0.39 is 15.6 Å². The van der Waals surface area contributed by atoms with Crippen LogP contribution in [0.25, 0.3) is 0 Å². The molecule has 0 aliphatic carbocycles. The first-order chi connectivity index (χ1) is 9.30. The Bertz CT molecular complexity index is 659. The third-order valence-electron chi connectivity index (χ3n) is 2.80. The van der Waals surface area contributed by atoms with Crippen LogP contribution in [0.4, 0.5) is 0 Å². The van der Waals surface area contributed by atoms with Crippen molar-refractivity contribution in [2.75, 3.05) is 11.5 Å². The molecule has 1 unspecified atom stereocenters. The van der Waals surface area contributed by atoms with Gasteiger partial charge in [0.15, 0.2) is 0 Å². The van der Waals surface area contributed by atoms with E-state index >= 15 is 0 Å². The average molecular weight is 416 g/mol. The van der Waals surface area contributed by atoms with E-state index in [2.05, 4.69) is 20.7 Å². The predicted molar refractivity (Wildman–Crippen MR) is 84.8 cm³/mol. The lowest BCUT2D eigenvalue weighted by Gasteiger charge is -2.21. The Morgan fingerprint density at radius 3 is 2.45 bits per heavy atom. The first-order valence-electron chi connectivity index (χ1n) is 5.47. The molecule has 1 atom stereocenters. The minimum absolute atomic E-state index is 0.00983. The van der Waals surface area contributed by atoms with Crippen molar-refractivity contribution in [2.45, 2.75) is 16.9 Å². The Labute approximate surface area is 140 Å². The van der Waals surface area contributed by atoms with Crippen molar-refractivity contribution in [1.82, 2.24) is 4.72 Å². The van der Waals surface area contributed by atoms with Gasteiger partial charge in [0, 0.05) is 10.2 Å². The average Bonchev–Trinajstić information content (AvgIpc) is 2.75. The summed E-state index contributed by atoms with van der Waals surface area (Å²) in [5.74, 6) is 1.15. The number of thioether (sulfide) groups is 1. The van der Waals surface area contributed by atoms with Crippen molar-refractivity contribution in [2.24, 2.45) is 0 Å². The van der Waals surface area contributed by atoms with Crippen molar-refractivity contribution < 1.29 is 8.42 Å². The van der Waals surface area contributed by atoms with Crippen molar-refractivity contribution in [1.29, 1.82) is 5.26 Å². The van der Waals surface area contributed by atoms with Crippen LogP contribution in [-0.4, -0.2) is 25.5 Å². The summed E-state index contributed by atoms with van der Waals surface area (Å²) in [6.45, 7) is 0. The SMILES string of the molecule is N#CC1(NS(=O)(=O)c2c(Cl)cc(Br)cc2Cl)CCSC1. The van der Waals surface area contributed by atoms with Crippen LogP contribution in [0.3, 0.4) is 0 Å². The summed E-state index contributed by atoms with van der Waals surface area (Å²) in [6, 6.07) is 4.94. The first kappa shape index (κ1) is 16.4. The number of benzene rings is 1. The summed E-state index contributed by atoms with van der Waals surface area (Å²) in [7, 11) is -3.96. The lowest BCUT2D eigenvalue weighted by molar-refractivity contribution is 0.515. The van der Waals surface area contributed by atoms with Gasteiger partial charge in [-0.3, -0.25) is 0 Å². The highest BCUT2D eigenvalue weighted by atomic mass is 79.9. The molecule has 1 N–H and O–H groups in total. The predicted octanol–water partition coefficient (Wildman–Crippen LogP) is 3.43. The number of nitrogens with zero attached hydrogens (tertiary/aromatic N) is 1. The summed E-state index contributed by atoms with van der Waals surface area (Å²) in [4.78, 5) is -0.199. The van der Waals surface area contributed by atoms with E-state index in [1.807, 2.05) is 6.07 Å². The number of nitrogens with one attached hydrogen (secondary N) is 1. The highest BCUT2D eigenvalue weighted by Gasteiger charge is 2.40. The van der Waals surface area contributed by atoms with Gasteiger partial charge in [-0.1, -0.05) is 39.1 Å². The van der Waals surface area contributed by atoms with E-state index in [-0.39, 0.29) is 14.9 Å². The van der Waals surface area contributed by atoms with Crippen LogP contribution in [0.2, 0.25) is 10.0 Å². The second-order valence-corrected chi connectivity index (χ2v) is 8.76. The second-order valence-electron chi connectivity index (χ2n) is 4.30. The van der Waals surface area contributed by atoms with Gasteiger partial charge < -0.3 is 0 Å². The Morgan fingerprint density at radius 1 is 1.40 bits per heavy atom. The van der Waals surface area contributed by atoms with Crippen LogP contribution >= 0.6 is 50.9 Å². The fraction of sp³-hybridized carbons (Fsp3) is 0.364. The lowest BCUT2D eigenvalue weighted by atomic mass is 10.0. The van der Waals surface area contributed by atoms with Gasteiger partial charge in [-0.25, -0.2) is 8.42 Å². The molecule has 4 nitrogen and oxygen atoms in total. The highest BCUT2D eigenvalue weighted by Crippen LogP contribution is 2.35. The number of nitriles is 1. The molecule has 2 rings (SSSR count). The van der Waals surface area contributed by atoms with Gasteiger partial charge in [-0.2, -0.15) is 21.7 Å². The van der Waals surface area contributed by atoms with Crippen LogP contribution < -0.4 is 4.72 Å².